The van der Waals surface area contributed by atoms with Crippen LogP contribution in [0.15, 0.2) is 36.5 Å². The van der Waals surface area contributed by atoms with Crippen molar-refractivity contribution in [2.75, 3.05) is 18.8 Å². The van der Waals surface area contributed by atoms with Gasteiger partial charge in [-0.1, -0.05) is 12.1 Å². The second-order valence-electron chi connectivity index (χ2n) is 6.22. The average molecular weight is 362 g/mol. The monoisotopic (exact) mass is 362 g/mol. The quantitative estimate of drug-likeness (QED) is 0.884. The molecule has 0 saturated carbocycles. The number of piperidine rings is 1. The minimum absolute atomic E-state index is 0.000689. The number of carbonyl (C=O) groups excluding carboxylic acids is 1. The maximum Gasteiger partial charge on any atom is 0.387 e. The van der Waals surface area contributed by atoms with Crippen molar-refractivity contribution in [3.05, 3.63) is 47.8 Å². The summed E-state index contributed by atoms with van der Waals surface area (Å²) in [7, 11) is 0. The number of amides is 1. The molecule has 1 atom stereocenters. The van der Waals surface area contributed by atoms with Gasteiger partial charge in [0.25, 0.3) is 0 Å². The summed E-state index contributed by atoms with van der Waals surface area (Å²) in [5, 5.41) is 0. The third kappa shape index (κ3) is 4.65. The smallest absolute Gasteiger partial charge is 0.387 e. The van der Waals surface area contributed by atoms with Crippen LogP contribution in [-0.2, 0) is 11.2 Å². The van der Waals surface area contributed by atoms with Crippen LogP contribution in [-0.4, -0.2) is 40.5 Å². The summed E-state index contributed by atoms with van der Waals surface area (Å²) in [5.41, 5.74) is 7.25. The zero-order valence-corrected chi connectivity index (χ0v) is 14.1. The van der Waals surface area contributed by atoms with E-state index in [9.17, 15) is 13.6 Å². The van der Waals surface area contributed by atoms with Crippen molar-refractivity contribution in [3.8, 4) is 5.75 Å². The number of aromatic nitrogens is 2. The van der Waals surface area contributed by atoms with E-state index in [0.717, 1.165) is 24.1 Å². The van der Waals surface area contributed by atoms with Crippen LogP contribution < -0.4 is 10.5 Å². The van der Waals surface area contributed by atoms with Gasteiger partial charge in [0.2, 0.25) is 11.9 Å². The Morgan fingerprint density at radius 3 is 2.77 bits per heavy atom. The molecule has 2 aromatic rings. The number of nitrogens with two attached hydrogens (primary N) is 1. The fraction of sp³-hybridized carbons (Fsp3) is 0.389. The van der Waals surface area contributed by atoms with Gasteiger partial charge in [-0.2, -0.15) is 8.78 Å². The number of nitrogens with zero attached hydrogens (tertiary/aromatic N) is 3. The lowest BCUT2D eigenvalue weighted by atomic mass is 9.94. The number of likely N-dealkylation sites (tertiary alicyclic amines) is 1. The van der Waals surface area contributed by atoms with Crippen molar-refractivity contribution in [1.82, 2.24) is 14.9 Å². The molecule has 2 N–H and O–H groups in total. The molecule has 6 nitrogen and oxygen atoms in total. The van der Waals surface area contributed by atoms with Gasteiger partial charge in [-0.15, -0.1) is 0 Å². The van der Waals surface area contributed by atoms with Crippen molar-refractivity contribution in [1.29, 1.82) is 0 Å². The van der Waals surface area contributed by atoms with Crippen LogP contribution in [0.1, 0.15) is 30.0 Å². The molecular formula is C18H20F2N4O2. The molecule has 2 heterocycles. The van der Waals surface area contributed by atoms with Gasteiger partial charge >= 0.3 is 6.61 Å². The molecule has 1 saturated heterocycles. The number of carbonyl (C=O) groups is 1. The zero-order chi connectivity index (χ0) is 18.5. The van der Waals surface area contributed by atoms with E-state index < -0.39 is 6.61 Å². The summed E-state index contributed by atoms with van der Waals surface area (Å²) in [6.45, 7) is -1.58. The molecule has 1 aromatic heterocycles. The second-order valence-corrected chi connectivity index (χ2v) is 6.22. The van der Waals surface area contributed by atoms with Crippen LogP contribution in [0.2, 0.25) is 0 Å². The van der Waals surface area contributed by atoms with Crippen molar-refractivity contribution < 1.29 is 18.3 Å². The normalized spacial score (nSPS) is 17.3. The minimum atomic E-state index is -2.86. The third-order valence-electron chi connectivity index (χ3n) is 4.39. The first-order valence-electron chi connectivity index (χ1n) is 8.41. The summed E-state index contributed by atoms with van der Waals surface area (Å²) >= 11 is 0. The molecule has 3 rings (SSSR count). The average Bonchev–Trinajstić information content (AvgIpc) is 2.63. The Balaban J connectivity index is 1.60. The number of hydrogen-bond donors (Lipinski definition) is 1. The van der Waals surface area contributed by atoms with Crippen molar-refractivity contribution in [3.63, 3.8) is 0 Å². The number of halogens is 2. The maximum atomic E-state index is 12.6. The lowest BCUT2D eigenvalue weighted by Gasteiger charge is -2.32. The number of anilines is 1. The van der Waals surface area contributed by atoms with E-state index >= 15 is 0 Å². The number of alkyl halides is 2. The van der Waals surface area contributed by atoms with Crippen molar-refractivity contribution >= 4 is 11.9 Å². The highest BCUT2D eigenvalue weighted by atomic mass is 19.3. The predicted octanol–water partition coefficient (Wildman–Crippen LogP) is 2.61. The molecule has 0 spiro atoms. The fourth-order valence-electron chi connectivity index (χ4n) is 3.14. The summed E-state index contributed by atoms with van der Waals surface area (Å²) in [6.07, 6.45) is 3.68. The number of nitrogen functional groups attached to an aromatic ring is 1. The molecule has 1 aromatic carbocycles. The highest BCUT2D eigenvalue weighted by molar-refractivity contribution is 5.79. The van der Waals surface area contributed by atoms with Crippen LogP contribution >= 0.6 is 0 Å². The molecule has 138 valence electrons. The van der Waals surface area contributed by atoms with E-state index in [1.54, 1.807) is 18.3 Å². The van der Waals surface area contributed by atoms with E-state index in [-0.39, 0.29) is 29.9 Å². The molecule has 0 bridgehead atoms. The highest BCUT2D eigenvalue weighted by Gasteiger charge is 2.25. The molecule has 0 radical (unpaired) electrons. The first-order chi connectivity index (χ1) is 12.5. The summed E-state index contributed by atoms with van der Waals surface area (Å²) in [5.74, 6) is 0.451. The molecule has 1 aliphatic rings. The van der Waals surface area contributed by atoms with Gasteiger partial charge in [0.15, 0.2) is 0 Å². The van der Waals surface area contributed by atoms with E-state index in [0.29, 0.717) is 13.1 Å². The Morgan fingerprint density at radius 1 is 1.31 bits per heavy atom. The SMILES string of the molecule is Nc1nccc([C@@H]2CCCN(C(=O)Cc3ccc(OC(F)F)cc3)C2)n1. The second kappa shape index (κ2) is 8.07. The van der Waals surface area contributed by atoms with Gasteiger partial charge in [0.05, 0.1) is 12.1 Å². The van der Waals surface area contributed by atoms with Crippen molar-refractivity contribution in [2.45, 2.75) is 31.8 Å². The lowest BCUT2D eigenvalue weighted by Crippen LogP contribution is -2.40. The Morgan fingerprint density at radius 2 is 2.08 bits per heavy atom. The topological polar surface area (TPSA) is 81.3 Å². The Bertz CT molecular complexity index is 755. The highest BCUT2D eigenvalue weighted by Crippen LogP contribution is 2.26. The van der Waals surface area contributed by atoms with Crippen LogP contribution in [0, 0.1) is 0 Å². The van der Waals surface area contributed by atoms with Crippen LogP contribution in [0.5, 0.6) is 5.75 Å². The van der Waals surface area contributed by atoms with Gasteiger partial charge < -0.3 is 15.4 Å². The molecule has 26 heavy (non-hydrogen) atoms. The molecule has 1 fully saturated rings. The number of hydrogen-bond acceptors (Lipinski definition) is 5. The van der Waals surface area contributed by atoms with Gasteiger partial charge in [-0.25, -0.2) is 9.97 Å². The maximum absolute atomic E-state index is 12.6. The van der Waals surface area contributed by atoms with Crippen LogP contribution in [0.25, 0.3) is 0 Å². The van der Waals surface area contributed by atoms with Gasteiger partial charge in [-0.05, 0) is 36.6 Å². The van der Waals surface area contributed by atoms with Crippen LogP contribution in [0.4, 0.5) is 14.7 Å². The fourth-order valence-corrected chi connectivity index (χ4v) is 3.14. The third-order valence-corrected chi connectivity index (χ3v) is 4.39. The predicted molar refractivity (Wildman–Crippen MR) is 91.8 cm³/mol. The summed E-state index contributed by atoms with van der Waals surface area (Å²) in [6, 6.07) is 7.97. The summed E-state index contributed by atoms with van der Waals surface area (Å²) < 4.78 is 28.7. The first kappa shape index (κ1) is 18.0. The lowest BCUT2D eigenvalue weighted by molar-refractivity contribution is -0.131. The Hall–Kier alpha value is -2.77. The molecule has 0 unspecified atom stereocenters. The first-order valence-corrected chi connectivity index (χ1v) is 8.41. The standard InChI is InChI=1S/C18H20F2N4O2/c19-17(20)26-14-5-3-12(4-6-14)10-16(25)24-9-1-2-13(11-24)15-7-8-22-18(21)23-15/h3-8,13,17H,1-2,9-11H2,(H2,21,22,23)/t13-/m1/s1. The van der Waals surface area contributed by atoms with Gasteiger partial charge in [0.1, 0.15) is 5.75 Å². The largest absolute Gasteiger partial charge is 0.435 e. The molecule has 0 aliphatic carbocycles. The zero-order valence-electron chi connectivity index (χ0n) is 14.1. The van der Waals surface area contributed by atoms with Crippen molar-refractivity contribution in [2.24, 2.45) is 0 Å². The molecule has 1 amide bonds. The Labute approximate surface area is 150 Å². The van der Waals surface area contributed by atoms with Gasteiger partial charge in [0, 0.05) is 25.2 Å². The van der Waals surface area contributed by atoms with E-state index in [1.807, 2.05) is 11.0 Å². The molecule has 8 heteroatoms. The summed E-state index contributed by atoms with van der Waals surface area (Å²) in [4.78, 5) is 22.6. The Kier molecular flexibility index (Phi) is 5.60. The van der Waals surface area contributed by atoms with Crippen LogP contribution in [0.3, 0.4) is 0 Å². The van der Waals surface area contributed by atoms with E-state index in [2.05, 4.69) is 14.7 Å². The number of benzene rings is 1. The minimum Gasteiger partial charge on any atom is -0.435 e. The van der Waals surface area contributed by atoms with Gasteiger partial charge in [-0.3, -0.25) is 4.79 Å². The molecule has 1 aliphatic heterocycles. The van der Waals surface area contributed by atoms with E-state index in [4.69, 9.17) is 5.73 Å². The number of ether oxygens (including phenoxy) is 1. The van der Waals surface area contributed by atoms with E-state index in [1.165, 1.54) is 12.1 Å². The molecular weight excluding hydrogens is 342 g/mol. The number of rotatable bonds is 5.